The van der Waals surface area contributed by atoms with Gasteiger partial charge in [-0.3, -0.25) is 9.59 Å². The Kier molecular flexibility index (Phi) is 10.1. The number of benzene rings is 3. The van der Waals surface area contributed by atoms with Crippen LogP contribution in [0.1, 0.15) is 69.9 Å². The molecule has 0 fully saturated rings. The summed E-state index contributed by atoms with van der Waals surface area (Å²) in [7, 11) is 0. The summed E-state index contributed by atoms with van der Waals surface area (Å²) in [5.74, 6) is -0.960. The van der Waals surface area contributed by atoms with Crippen molar-refractivity contribution in [3.8, 4) is 33.4 Å². The van der Waals surface area contributed by atoms with E-state index in [1.807, 2.05) is 127 Å². The number of Topliss-reactive ketones (excluding diaryl/α,β-unsaturated/α-hetero) is 2. The SMILES string of the molecule is CC(C)(C)C1=CC(c2c3nc(c(-c4ccccc4)c4ccc([n-]4)c(-c4ccccc4)c4nc(c(-c5ccccc5)c5ccc2[n-]5)C=C4)C=C3)=C(C(C)(C)C)C(=O)C1=O.[Zn+2]. The number of hydrogen-bond acceptors (Lipinski definition) is 4. The number of allylic oxidation sites excluding steroid dienone is 4. The summed E-state index contributed by atoms with van der Waals surface area (Å²) < 4.78 is 0. The van der Waals surface area contributed by atoms with Gasteiger partial charge in [-0.05, 0) is 85.7 Å². The molecule has 3 aromatic heterocycles. The molecule has 284 valence electrons. The summed E-state index contributed by atoms with van der Waals surface area (Å²) in [5, 5.41) is 0. The fourth-order valence-electron chi connectivity index (χ4n) is 8.20. The van der Waals surface area contributed by atoms with Crippen molar-refractivity contribution in [3.63, 3.8) is 0 Å². The Morgan fingerprint density at radius 3 is 1.10 bits per heavy atom. The Morgan fingerprint density at radius 2 is 0.763 bits per heavy atom. The molecule has 0 saturated heterocycles. The molecule has 3 aliphatic rings. The predicted octanol–water partition coefficient (Wildman–Crippen LogP) is 11.8. The maximum absolute atomic E-state index is 14.4. The van der Waals surface area contributed by atoms with Gasteiger partial charge in [0.2, 0.25) is 11.6 Å². The van der Waals surface area contributed by atoms with Crippen LogP contribution in [-0.2, 0) is 29.1 Å². The Bertz CT molecular complexity index is 2930. The van der Waals surface area contributed by atoms with Crippen molar-refractivity contribution in [2.75, 3.05) is 0 Å². The van der Waals surface area contributed by atoms with E-state index in [0.29, 0.717) is 33.5 Å². The van der Waals surface area contributed by atoms with Crippen molar-refractivity contribution in [2.45, 2.75) is 41.5 Å². The van der Waals surface area contributed by atoms with Crippen LogP contribution in [0.2, 0.25) is 0 Å². The van der Waals surface area contributed by atoms with E-state index in [1.54, 1.807) is 0 Å². The van der Waals surface area contributed by atoms with Gasteiger partial charge in [0.05, 0.1) is 22.8 Å². The second kappa shape index (κ2) is 15.1. The minimum absolute atomic E-state index is 0. The molecule has 0 unspecified atom stereocenters. The molecule has 59 heavy (non-hydrogen) atoms. The Hall–Kier alpha value is -6.30. The van der Waals surface area contributed by atoms with Gasteiger partial charge in [0.1, 0.15) is 0 Å². The smallest absolute Gasteiger partial charge is 0.657 e. The van der Waals surface area contributed by atoms with Crippen LogP contribution in [0, 0.1) is 10.8 Å². The summed E-state index contributed by atoms with van der Waals surface area (Å²) >= 11 is 0. The molecule has 0 saturated carbocycles. The second-order valence-electron chi connectivity index (χ2n) is 17.0. The van der Waals surface area contributed by atoms with Gasteiger partial charge in [-0.1, -0.05) is 157 Å². The zero-order chi connectivity index (χ0) is 40.3. The minimum Gasteiger partial charge on any atom is -0.657 e. The van der Waals surface area contributed by atoms with Crippen molar-refractivity contribution in [1.29, 1.82) is 0 Å². The molecule has 0 radical (unpaired) electrons. The fourth-order valence-corrected chi connectivity index (χ4v) is 8.20. The molecular weight excluding hydrogens is 778 g/mol. The molecule has 0 spiro atoms. The Morgan fingerprint density at radius 1 is 0.424 bits per heavy atom. The van der Waals surface area contributed by atoms with E-state index < -0.39 is 22.4 Å². The van der Waals surface area contributed by atoms with E-state index in [9.17, 15) is 9.59 Å². The van der Waals surface area contributed by atoms with Crippen molar-refractivity contribution in [3.05, 3.63) is 161 Å². The normalized spacial score (nSPS) is 14.1. The van der Waals surface area contributed by atoms with Crippen LogP contribution in [0.5, 0.6) is 0 Å². The average Bonchev–Trinajstić information content (AvgIpc) is 4.04. The van der Waals surface area contributed by atoms with Crippen LogP contribution in [0.25, 0.3) is 85.3 Å². The van der Waals surface area contributed by atoms with Crippen LogP contribution in [0.4, 0.5) is 0 Å². The summed E-state index contributed by atoms with van der Waals surface area (Å²) in [4.78, 5) is 49.7. The molecule has 6 nitrogen and oxygen atoms in total. The van der Waals surface area contributed by atoms with Crippen LogP contribution in [-0.4, -0.2) is 21.5 Å². The van der Waals surface area contributed by atoms with Crippen molar-refractivity contribution >= 4 is 63.5 Å². The number of aromatic nitrogens is 4. The maximum atomic E-state index is 14.4. The summed E-state index contributed by atoms with van der Waals surface area (Å²) in [6, 6.07) is 38.8. The van der Waals surface area contributed by atoms with Crippen LogP contribution >= 0.6 is 0 Å². The van der Waals surface area contributed by atoms with E-state index in [1.165, 1.54) is 0 Å². The van der Waals surface area contributed by atoms with Gasteiger partial charge in [-0.15, -0.1) is 22.1 Å². The monoisotopic (exact) mass is 818 g/mol. The molecule has 0 atom stereocenters. The van der Waals surface area contributed by atoms with Gasteiger partial charge in [0, 0.05) is 11.1 Å². The van der Waals surface area contributed by atoms with Crippen molar-refractivity contribution in [1.82, 2.24) is 19.9 Å². The zero-order valence-electron chi connectivity index (χ0n) is 34.2. The summed E-state index contributed by atoms with van der Waals surface area (Å²) in [6.45, 7) is 11.8. The molecule has 8 bridgehead atoms. The first-order valence-corrected chi connectivity index (χ1v) is 19.6. The Balaban J connectivity index is 0.00000484. The topological polar surface area (TPSA) is 88.1 Å². The van der Waals surface area contributed by atoms with Gasteiger partial charge in [0.25, 0.3) is 0 Å². The van der Waals surface area contributed by atoms with E-state index >= 15 is 0 Å². The first-order chi connectivity index (χ1) is 27.9. The third-order valence-electron chi connectivity index (χ3n) is 10.9. The standard InChI is InChI=1S/C52H44N4O2.Zn/c1-51(2,3)35-30-34(48(52(4,5)6)50(58)49(35)57)47-42-28-26-40(55-42)45(32-18-12-8-13-19-32)38-24-22-36(53-38)44(31-16-10-7-11-17-31)37-23-25-39(54-37)46(33-20-14-9-15-21-33)41-27-29-43(47)56-41;/h7-30H,1-6H3,(H2,53,54,55,56,57,58);/q;+2/p-2. The largest absolute Gasteiger partial charge is 2.00 e. The third-order valence-corrected chi connectivity index (χ3v) is 10.9. The van der Waals surface area contributed by atoms with E-state index in [2.05, 4.69) is 60.7 Å². The number of nitrogens with zero attached hydrogens (tertiary/aromatic N) is 4. The van der Waals surface area contributed by atoms with Gasteiger partial charge >= 0.3 is 19.5 Å². The van der Waals surface area contributed by atoms with E-state index in [-0.39, 0.29) is 19.5 Å². The van der Waals surface area contributed by atoms with Gasteiger partial charge in [-0.2, -0.15) is 0 Å². The third kappa shape index (κ3) is 7.15. The zero-order valence-corrected chi connectivity index (χ0v) is 37.1. The second-order valence-corrected chi connectivity index (χ2v) is 17.0. The average molecular weight is 820 g/mol. The number of fused-ring (bicyclic) bond motifs is 8. The quantitative estimate of drug-likeness (QED) is 0.0998. The molecule has 2 aliphatic heterocycles. The molecule has 0 amide bonds. The van der Waals surface area contributed by atoms with Gasteiger partial charge in [0.15, 0.2) is 0 Å². The predicted molar refractivity (Wildman–Crippen MR) is 237 cm³/mol. The Labute approximate surface area is 357 Å². The maximum Gasteiger partial charge on any atom is 2.00 e. The van der Waals surface area contributed by atoms with Crippen LogP contribution < -0.4 is 9.97 Å². The first kappa shape index (κ1) is 39.5. The van der Waals surface area contributed by atoms with E-state index in [4.69, 9.17) is 19.9 Å². The molecular formula is C52H42N4O2Zn. The minimum atomic E-state index is -0.671. The van der Waals surface area contributed by atoms with Crippen molar-refractivity contribution < 1.29 is 29.1 Å². The molecule has 5 heterocycles. The number of rotatable bonds is 4. The first-order valence-electron chi connectivity index (χ1n) is 19.6. The molecule has 0 N–H and O–H groups in total. The molecule has 3 aromatic carbocycles. The molecule has 6 aromatic rings. The number of hydrogen-bond donors (Lipinski definition) is 0. The van der Waals surface area contributed by atoms with E-state index in [0.717, 1.165) is 67.0 Å². The summed E-state index contributed by atoms with van der Waals surface area (Å²) in [6.07, 6.45) is 10.0. The number of carbonyl (C=O) groups excluding carboxylic acids is 2. The van der Waals surface area contributed by atoms with Crippen LogP contribution in [0.3, 0.4) is 0 Å². The van der Waals surface area contributed by atoms with Gasteiger partial charge < -0.3 is 9.97 Å². The molecule has 9 rings (SSSR count). The summed E-state index contributed by atoms with van der Waals surface area (Å²) in [5.41, 5.74) is 12.5. The molecule has 1 aliphatic carbocycles. The fraction of sp³-hybridized carbons (Fsp3) is 0.154. The number of ketones is 2. The molecule has 7 heteroatoms. The number of carbonyl (C=O) groups is 2. The van der Waals surface area contributed by atoms with Crippen LogP contribution in [0.15, 0.2) is 132 Å². The van der Waals surface area contributed by atoms with Gasteiger partial charge in [-0.25, -0.2) is 9.97 Å². The van der Waals surface area contributed by atoms with Crippen molar-refractivity contribution in [2.24, 2.45) is 10.8 Å².